The van der Waals surface area contributed by atoms with Crippen LogP contribution in [0, 0.1) is 5.92 Å². The first-order valence-corrected chi connectivity index (χ1v) is 12.6. The molecule has 4 heterocycles. The SMILES string of the molecule is O=C(O)CC(Cc1ccccc1)C(C1=COCO1)n1ccc(CCCc2ccc3c(n2)NCCC3)n1. The van der Waals surface area contributed by atoms with Crippen molar-refractivity contribution in [3.8, 4) is 0 Å². The number of carbonyl (C=O) groups is 1. The minimum absolute atomic E-state index is 0.00646. The molecule has 0 radical (unpaired) electrons. The maximum atomic E-state index is 11.8. The summed E-state index contributed by atoms with van der Waals surface area (Å²) in [7, 11) is 0. The number of pyridine rings is 1. The zero-order valence-corrected chi connectivity index (χ0v) is 20.3. The van der Waals surface area contributed by atoms with Gasteiger partial charge in [0.05, 0.1) is 12.1 Å². The van der Waals surface area contributed by atoms with Gasteiger partial charge in [-0.05, 0) is 61.8 Å². The highest BCUT2D eigenvalue weighted by Crippen LogP contribution is 2.34. The maximum Gasteiger partial charge on any atom is 0.303 e. The molecule has 3 aromatic rings. The van der Waals surface area contributed by atoms with E-state index in [0.29, 0.717) is 12.2 Å². The third-order valence-corrected chi connectivity index (χ3v) is 6.77. The van der Waals surface area contributed by atoms with E-state index in [1.807, 2.05) is 47.3 Å². The number of aromatic nitrogens is 3. The Labute approximate surface area is 211 Å². The zero-order valence-electron chi connectivity index (χ0n) is 20.3. The number of fused-ring (bicyclic) bond motifs is 1. The summed E-state index contributed by atoms with van der Waals surface area (Å²) >= 11 is 0. The first kappa shape index (κ1) is 23.9. The molecule has 0 spiro atoms. The van der Waals surface area contributed by atoms with Gasteiger partial charge in [0, 0.05) is 24.4 Å². The van der Waals surface area contributed by atoms with Gasteiger partial charge >= 0.3 is 5.97 Å². The van der Waals surface area contributed by atoms with Gasteiger partial charge in [0.1, 0.15) is 18.1 Å². The van der Waals surface area contributed by atoms with E-state index in [9.17, 15) is 9.90 Å². The summed E-state index contributed by atoms with van der Waals surface area (Å²) in [6.45, 7) is 1.12. The molecule has 2 unspecified atom stereocenters. The summed E-state index contributed by atoms with van der Waals surface area (Å²) in [5.41, 5.74) is 4.43. The zero-order chi connectivity index (χ0) is 24.7. The van der Waals surface area contributed by atoms with Gasteiger partial charge in [-0.3, -0.25) is 9.48 Å². The van der Waals surface area contributed by atoms with Crippen molar-refractivity contribution >= 4 is 11.8 Å². The molecule has 2 aliphatic rings. The fourth-order valence-corrected chi connectivity index (χ4v) is 5.05. The van der Waals surface area contributed by atoms with E-state index >= 15 is 0 Å². The van der Waals surface area contributed by atoms with Crippen LogP contribution >= 0.6 is 0 Å². The number of ether oxygens (including phenoxy) is 2. The molecule has 0 bridgehead atoms. The number of carboxylic acids is 1. The van der Waals surface area contributed by atoms with Gasteiger partial charge in [-0.1, -0.05) is 36.4 Å². The van der Waals surface area contributed by atoms with Crippen LogP contribution in [-0.2, 0) is 40.0 Å². The Morgan fingerprint density at radius 2 is 1.97 bits per heavy atom. The summed E-state index contributed by atoms with van der Waals surface area (Å²) in [6.07, 6.45) is 8.95. The van der Waals surface area contributed by atoms with E-state index in [2.05, 4.69) is 17.4 Å². The summed E-state index contributed by atoms with van der Waals surface area (Å²) in [5, 5.41) is 17.9. The van der Waals surface area contributed by atoms with Crippen LogP contribution in [0.15, 0.2) is 66.7 Å². The van der Waals surface area contributed by atoms with Gasteiger partial charge in [0.25, 0.3) is 0 Å². The molecular weight excluding hydrogens is 456 g/mol. The number of benzene rings is 1. The number of anilines is 1. The van der Waals surface area contributed by atoms with Crippen molar-refractivity contribution in [2.24, 2.45) is 5.92 Å². The third-order valence-electron chi connectivity index (χ3n) is 6.77. The summed E-state index contributed by atoms with van der Waals surface area (Å²) in [5.74, 6) is 0.538. The highest BCUT2D eigenvalue weighted by atomic mass is 16.7. The molecule has 188 valence electrons. The molecule has 0 amide bonds. The van der Waals surface area contributed by atoms with Crippen molar-refractivity contribution in [2.45, 2.75) is 51.0 Å². The smallest absolute Gasteiger partial charge is 0.303 e. The van der Waals surface area contributed by atoms with E-state index < -0.39 is 5.97 Å². The number of rotatable bonds is 11. The number of allylic oxidation sites excluding steroid dienone is 1. The van der Waals surface area contributed by atoms with E-state index in [-0.39, 0.29) is 25.2 Å². The normalized spacial score (nSPS) is 16.2. The van der Waals surface area contributed by atoms with Crippen LogP contribution < -0.4 is 5.32 Å². The molecule has 0 fully saturated rings. The molecule has 5 rings (SSSR count). The average molecular weight is 489 g/mol. The highest BCUT2D eigenvalue weighted by molar-refractivity contribution is 5.67. The fourth-order valence-electron chi connectivity index (χ4n) is 5.05. The Bertz CT molecular complexity index is 1210. The average Bonchev–Trinajstić information content (AvgIpc) is 3.58. The van der Waals surface area contributed by atoms with Crippen LogP contribution in [0.3, 0.4) is 0 Å². The lowest BCUT2D eigenvalue weighted by molar-refractivity contribution is -0.138. The van der Waals surface area contributed by atoms with E-state index in [1.54, 1.807) is 6.26 Å². The number of aryl methyl sites for hydroxylation is 3. The van der Waals surface area contributed by atoms with Gasteiger partial charge < -0.3 is 19.9 Å². The van der Waals surface area contributed by atoms with Crippen LogP contribution in [0.2, 0.25) is 0 Å². The fraction of sp³-hybridized carbons (Fsp3) is 0.393. The predicted octanol–water partition coefficient (Wildman–Crippen LogP) is 4.53. The molecule has 36 heavy (non-hydrogen) atoms. The lowest BCUT2D eigenvalue weighted by Gasteiger charge is -2.26. The highest BCUT2D eigenvalue weighted by Gasteiger charge is 2.33. The molecule has 2 atom stereocenters. The van der Waals surface area contributed by atoms with Crippen molar-refractivity contribution in [3.05, 3.63) is 89.3 Å². The van der Waals surface area contributed by atoms with E-state index in [4.69, 9.17) is 19.6 Å². The molecule has 8 heteroatoms. The topological polar surface area (TPSA) is 98.5 Å². The van der Waals surface area contributed by atoms with Gasteiger partial charge in [-0.2, -0.15) is 5.10 Å². The molecule has 0 saturated heterocycles. The summed E-state index contributed by atoms with van der Waals surface area (Å²) in [4.78, 5) is 16.6. The van der Waals surface area contributed by atoms with Crippen LogP contribution in [0.1, 0.15) is 47.8 Å². The second kappa shape index (κ2) is 11.3. The number of nitrogens with zero attached hydrogens (tertiary/aromatic N) is 3. The van der Waals surface area contributed by atoms with Crippen molar-refractivity contribution in [1.29, 1.82) is 0 Å². The molecule has 2 N–H and O–H groups in total. The second-order valence-electron chi connectivity index (χ2n) is 9.42. The first-order chi connectivity index (χ1) is 17.7. The van der Waals surface area contributed by atoms with Crippen LogP contribution in [-0.4, -0.2) is 39.2 Å². The Hall–Kier alpha value is -3.81. The Morgan fingerprint density at radius 3 is 2.78 bits per heavy atom. The van der Waals surface area contributed by atoms with Gasteiger partial charge in [0.15, 0.2) is 5.76 Å². The standard InChI is InChI=1S/C28H32N4O4/c33-26(34)17-22(16-20-6-2-1-3-7-20)27(25-18-35-19-36-25)32-15-13-24(31-32)10-4-9-23-12-11-21-8-5-14-29-28(21)30-23/h1-3,6-7,11-13,15,18,22,27H,4-5,8-10,14,16-17,19H2,(H,29,30)(H,33,34). The van der Waals surface area contributed by atoms with E-state index in [0.717, 1.165) is 61.4 Å². The van der Waals surface area contributed by atoms with Gasteiger partial charge in [0.2, 0.25) is 6.79 Å². The van der Waals surface area contributed by atoms with Crippen LogP contribution in [0.4, 0.5) is 5.82 Å². The minimum atomic E-state index is -0.847. The molecule has 0 aliphatic carbocycles. The number of hydrogen-bond donors (Lipinski definition) is 2. The minimum Gasteiger partial charge on any atom is -0.481 e. The first-order valence-electron chi connectivity index (χ1n) is 12.6. The molecule has 8 nitrogen and oxygen atoms in total. The number of nitrogens with one attached hydrogen (secondary N) is 1. The second-order valence-corrected chi connectivity index (χ2v) is 9.42. The number of hydrogen-bond acceptors (Lipinski definition) is 6. The molecule has 2 aromatic heterocycles. The molecular formula is C28H32N4O4. The van der Waals surface area contributed by atoms with Crippen molar-refractivity contribution in [3.63, 3.8) is 0 Å². The lowest BCUT2D eigenvalue weighted by Crippen LogP contribution is -2.26. The molecule has 0 saturated carbocycles. The van der Waals surface area contributed by atoms with Crippen molar-refractivity contribution < 1.29 is 19.4 Å². The Morgan fingerprint density at radius 1 is 1.11 bits per heavy atom. The monoisotopic (exact) mass is 488 g/mol. The van der Waals surface area contributed by atoms with Crippen molar-refractivity contribution in [1.82, 2.24) is 14.8 Å². The third kappa shape index (κ3) is 5.87. The largest absolute Gasteiger partial charge is 0.481 e. The molecule has 1 aromatic carbocycles. The predicted molar refractivity (Wildman–Crippen MR) is 135 cm³/mol. The summed E-state index contributed by atoms with van der Waals surface area (Å²) in [6, 6.07) is 15.9. The Kier molecular flexibility index (Phi) is 7.50. The number of aliphatic carboxylic acids is 1. The van der Waals surface area contributed by atoms with E-state index in [1.165, 1.54) is 5.56 Å². The Balaban J connectivity index is 1.29. The van der Waals surface area contributed by atoms with Crippen molar-refractivity contribution in [2.75, 3.05) is 18.7 Å². The van der Waals surface area contributed by atoms with Crippen LogP contribution in [0.25, 0.3) is 0 Å². The quantitative estimate of drug-likeness (QED) is 0.409. The lowest BCUT2D eigenvalue weighted by atomic mass is 9.88. The number of carboxylic acid groups (broad SMARTS) is 1. The van der Waals surface area contributed by atoms with Gasteiger partial charge in [-0.25, -0.2) is 4.98 Å². The summed E-state index contributed by atoms with van der Waals surface area (Å²) < 4.78 is 12.9. The van der Waals surface area contributed by atoms with Gasteiger partial charge in [-0.15, -0.1) is 0 Å². The molecule has 2 aliphatic heterocycles. The van der Waals surface area contributed by atoms with Crippen LogP contribution in [0.5, 0.6) is 0 Å². The maximum absolute atomic E-state index is 11.8.